The zero-order chi connectivity index (χ0) is 39.3. The molecule has 8 nitrogen and oxygen atoms in total. The first-order valence-electron chi connectivity index (χ1n) is 22.6. The molecule has 8 heteroatoms. The minimum Gasteiger partial charge on any atom is -0.462 e. The van der Waals surface area contributed by atoms with E-state index >= 15 is 0 Å². The minimum absolute atomic E-state index is 0.0676. The van der Waals surface area contributed by atoms with Crippen LogP contribution >= 0.6 is 0 Å². The smallest absolute Gasteiger partial charge is 0.323 e. The predicted molar refractivity (Wildman–Crippen MR) is 222 cm³/mol. The molecule has 0 radical (unpaired) electrons. The maximum Gasteiger partial charge on any atom is 0.323 e. The van der Waals surface area contributed by atoms with Crippen LogP contribution in [0.4, 0.5) is 0 Å². The molecule has 0 aliphatic carbocycles. The van der Waals surface area contributed by atoms with Gasteiger partial charge in [0.2, 0.25) is 0 Å². The van der Waals surface area contributed by atoms with Gasteiger partial charge in [0.25, 0.3) is 0 Å². The maximum atomic E-state index is 12.7. The van der Waals surface area contributed by atoms with E-state index in [2.05, 4.69) is 19.2 Å². The van der Waals surface area contributed by atoms with Crippen molar-refractivity contribution in [1.29, 1.82) is 0 Å². The number of nitrogens with two attached hydrogens (primary N) is 1. The molecule has 0 aliphatic heterocycles. The van der Waals surface area contributed by atoms with Gasteiger partial charge in [0.15, 0.2) is 0 Å². The van der Waals surface area contributed by atoms with Crippen LogP contribution in [-0.4, -0.2) is 55.4 Å². The van der Waals surface area contributed by atoms with Crippen LogP contribution in [0, 0.1) is 0 Å². The summed E-state index contributed by atoms with van der Waals surface area (Å²) >= 11 is 0. The van der Waals surface area contributed by atoms with Crippen molar-refractivity contribution < 1.29 is 28.6 Å². The van der Waals surface area contributed by atoms with E-state index < -0.39 is 17.7 Å². The second kappa shape index (κ2) is 37.3. The standard InChI is InChI=1S/C45H88N2O6/c1-6-8-10-12-14-16-18-20-22-24-26-28-30-35-42(48)51-39-40(38-47-37-33-32-34-41(46)44(50)53-45(3,4)5)52-43(49)36-31-29-27-25-23-21-19-17-15-13-11-9-7-2/h40-41,47H,6-39,46H2,1-5H3. The Morgan fingerprint density at radius 1 is 0.547 bits per heavy atom. The molecule has 2 unspecified atom stereocenters. The average molecular weight is 753 g/mol. The van der Waals surface area contributed by atoms with Crippen molar-refractivity contribution in [3.8, 4) is 0 Å². The van der Waals surface area contributed by atoms with Crippen LogP contribution in [0.3, 0.4) is 0 Å². The Morgan fingerprint density at radius 2 is 0.943 bits per heavy atom. The first-order valence-corrected chi connectivity index (χ1v) is 22.6. The van der Waals surface area contributed by atoms with E-state index in [0.717, 1.165) is 51.4 Å². The van der Waals surface area contributed by atoms with E-state index in [0.29, 0.717) is 32.4 Å². The van der Waals surface area contributed by atoms with Crippen LogP contribution in [0.1, 0.15) is 234 Å². The van der Waals surface area contributed by atoms with Crippen LogP contribution in [-0.2, 0) is 28.6 Å². The summed E-state index contributed by atoms with van der Waals surface area (Å²) in [6.45, 7) is 11.2. The number of esters is 3. The molecule has 0 saturated carbocycles. The summed E-state index contributed by atoms with van der Waals surface area (Å²) in [6, 6.07) is -0.637. The lowest BCUT2D eigenvalue weighted by atomic mass is 10.0. The van der Waals surface area contributed by atoms with Gasteiger partial charge in [-0.2, -0.15) is 0 Å². The van der Waals surface area contributed by atoms with Crippen LogP contribution in [0.2, 0.25) is 0 Å². The Bertz CT molecular complexity index is 845. The molecular weight excluding hydrogens is 665 g/mol. The topological polar surface area (TPSA) is 117 Å². The molecule has 0 amide bonds. The molecule has 0 aromatic heterocycles. The molecule has 0 bridgehead atoms. The Morgan fingerprint density at radius 3 is 1.36 bits per heavy atom. The third-order valence-corrected chi connectivity index (χ3v) is 9.90. The minimum atomic E-state index is -0.637. The zero-order valence-corrected chi connectivity index (χ0v) is 35.7. The van der Waals surface area contributed by atoms with E-state index in [9.17, 15) is 14.4 Å². The monoisotopic (exact) mass is 753 g/mol. The van der Waals surface area contributed by atoms with Crippen LogP contribution in [0.15, 0.2) is 0 Å². The number of carbonyl (C=O) groups excluding carboxylic acids is 3. The highest BCUT2D eigenvalue weighted by molar-refractivity contribution is 5.75. The molecule has 0 spiro atoms. The van der Waals surface area contributed by atoms with Gasteiger partial charge in [0, 0.05) is 19.4 Å². The fraction of sp³-hybridized carbons (Fsp3) is 0.933. The molecule has 53 heavy (non-hydrogen) atoms. The van der Waals surface area contributed by atoms with Gasteiger partial charge in [0.05, 0.1) is 0 Å². The molecule has 2 atom stereocenters. The van der Waals surface area contributed by atoms with Crippen molar-refractivity contribution >= 4 is 17.9 Å². The van der Waals surface area contributed by atoms with Crippen molar-refractivity contribution in [2.24, 2.45) is 5.73 Å². The third kappa shape index (κ3) is 38.4. The molecule has 0 aromatic carbocycles. The lowest BCUT2D eigenvalue weighted by Crippen LogP contribution is -2.37. The van der Waals surface area contributed by atoms with Gasteiger partial charge in [-0.05, 0) is 53.0 Å². The molecule has 0 rings (SSSR count). The lowest BCUT2D eigenvalue weighted by Gasteiger charge is -2.22. The number of rotatable bonds is 39. The summed E-state index contributed by atoms with van der Waals surface area (Å²) in [5, 5.41) is 3.34. The molecule has 0 aromatic rings. The first kappa shape index (κ1) is 51.3. The number of unbranched alkanes of at least 4 members (excludes halogenated alkanes) is 25. The molecule has 314 valence electrons. The number of hydrogen-bond donors (Lipinski definition) is 2. The van der Waals surface area contributed by atoms with E-state index in [1.165, 1.54) is 128 Å². The number of ether oxygens (including phenoxy) is 3. The van der Waals surface area contributed by atoms with Gasteiger partial charge in [-0.15, -0.1) is 0 Å². The van der Waals surface area contributed by atoms with Crippen molar-refractivity contribution in [3.05, 3.63) is 0 Å². The van der Waals surface area contributed by atoms with Crippen LogP contribution in [0.5, 0.6) is 0 Å². The molecule has 0 fully saturated rings. The lowest BCUT2D eigenvalue weighted by molar-refractivity contribution is -0.159. The summed E-state index contributed by atoms with van der Waals surface area (Å²) in [4.78, 5) is 37.4. The van der Waals surface area contributed by atoms with Gasteiger partial charge in [-0.1, -0.05) is 174 Å². The third-order valence-electron chi connectivity index (χ3n) is 9.90. The van der Waals surface area contributed by atoms with Crippen molar-refractivity contribution in [2.45, 2.75) is 251 Å². The van der Waals surface area contributed by atoms with Gasteiger partial charge < -0.3 is 25.3 Å². The van der Waals surface area contributed by atoms with Crippen LogP contribution < -0.4 is 11.1 Å². The molecule has 0 saturated heterocycles. The van der Waals surface area contributed by atoms with Gasteiger partial charge in [0.1, 0.15) is 24.4 Å². The normalized spacial score (nSPS) is 12.8. The number of hydrogen-bond acceptors (Lipinski definition) is 8. The second-order valence-electron chi connectivity index (χ2n) is 16.6. The SMILES string of the molecule is CCCCCCCCCCCCCCCC(=O)OCC(CNCCCCC(N)C(=O)OC(C)(C)C)OC(=O)CCCCCCCCCCCCCCC. The second-order valence-corrected chi connectivity index (χ2v) is 16.6. The zero-order valence-electron chi connectivity index (χ0n) is 35.7. The number of nitrogens with one attached hydrogen (secondary N) is 1. The summed E-state index contributed by atoms with van der Waals surface area (Å²) < 4.78 is 16.7. The Balaban J connectivity index is 4.34. The van der Waals surface area contributed by atoms with E-state index in [1.54, 1.807) is 0 Å². The number of carbonyl (C=O) groups is 3. The molecule has 3 N–H and O–H groups in total. The summed E-state index contributed by atoms with van der Waals surface area (Å²) in [6.07, 6.45) is 35.2. The van der Waals surface area contributed by atoms with Crippen LogP contribution in [0.25, 0.3) is 0 Å². The van der Waals surface area contributed by atoms with Gasteiger partial charge in [-0.3, -0.25) is 14.4 Å². The van der Waals surface area contributed by atoms with Crippen molar-refractivity contribution in [2.75, 3.05) is 19.7 Å². The van der Waals surface area contributed by atoms with Crippen molar-refractivity contribution in [1.82, 2.24) is 5.32 Å². The Kier molecular flexibility index (Phi) is 36.1. The largest absolute Gasteiger partial charge is 0.462 e. The Hall–Kier alpha value is -1.67. The molecular formula is C45H88N2O6. The highest BCUT2D eigenvalue weighted by Gasteiger charge is 2.22. The highest BCUT2D eigenvalue weighted by Crippen LogP contribution is 2.15. The molecule has 0 aliphatic rings. The first-order chi connectivity index (χ1) is 25.6. The van der Waals surface area contributed by atoms with E-state index in [-0.39, 0.29) is 24.5 Å². The fourth-order valence-corrected chi connectivity index (χ4v) is 6.58. The predicted octanol–water partition coefficient (Wildman–Crippen LogP) is 11.8. The highest BCUT2D eigenvalue weighted by atomic mass is 16.6. The summed E-state index contributed by atoms with van der Waals surface area (Å²) in [5.74, 6) is -0.820. The van der Waals surface area contributed by atoms with Gasteiger partial charge in [-0.25, -0.2) is 0 Å². The molecule has 0 heterocycles. The van der Waals surface area contributed by atoms with E-state index in [1.807, 2.05) is 20.8 Å². The maximum absolute atomic E-state index is 12.7. The van der Waals surface area contributed by atoms with Crippen molar-refractivity contribution in [3.63, 3.8) is 0 Å². The summed E-state index contributed by atoms with van der Waals surface area (Å²) in [7, 11) is 0. The van der Waals surface area contributed by atoms with Gasteiger partial charge >= 0.3 is 17.9 Å². The van der Waals surface area contributed by atoms with E-state index in [4.69, 9.17) is 19.9 Å². The average Bonchev–Trinajstić information content (AvgIpc) is 3.11. The Labute approximate surface area is 328 Å². The quantitative estimate of drug-likeness (QED) is 0.0362. The summed E-state index contributed by atoms with van der Waals surface area (Å²) in [5.41, 5.74) is 5.46. The fourth-order valence-electron chi connectivity index (χ4n) is 6.58.